The zero-order valence-corrected chi connectivity index (χ0v) is 19.4. The first-order valence-corrected chi connectivity index (χ1v) is 11.6. The molecule has 1 amide bonds. The van der Waals surface area contributed by atoms with E-state index in [1.165, 1.54) is 16.2 Å². The van der Waals surface area contributed by atoms with Crippen molar-refractivity contribution < 1.29 is 19.4 Å². The number of amides is 1. The molecule has 7 nitrogen and oxygen atoms in total. The summed E-state index contributed by atoms with van der Waals surface area (Å²) in [5.74, 6) is -1.06. The maximum atomic E-state index is 13.3. The Morgan fingerprint density at radius 2 is 1.97 bits per heavy atom. The Hall–Kier alpha value is -4.04. The van der Waals surface area contributed by atoms with Crippen LogP contribution in [0.2, 0.25) is 0 Å². The Balaban J connectivity index is 1.69. The van der Waals surface area contributed by atoms with Crippen LogP contribution in [0.5, 0.6) is 5.75 Å². The second-order valence-electron chi connectivity index (χ2n) is 7.83. The maximum absolute atomic E-state index is 13.3. The van der Waals surface area contributed by atoms with Gasteiger partial charge in [-0.15, -0.1) is 0 Å². The molecule has 1 N–H and O–H groups in total. The van der Waals surface area contributed by atoms with E-state index >= 15 is 0 Å². The molecule has 1 saturated heterocycles. The third-order valence-electron chi connectivity index (χ3n) is 5.68. The number of aromatic nitrogens is 2. The van der Waals surface area contributed by atoms with E-state index in [0.29, 0.717) is 28.6 Å². The molecule has 4 aromatic rings. The van der Waals surface area contributed by atoms with E-state index in [-0.39, 0.29) is 11.3 Å². The number of fused-ring (bicyclic) bond motifs is 1. The van der Waals surface area contributed by atoms with Crippen molar-refractivity contribution >= 4 is 44.1 Å². The van der Waals surface area contributed by atoms with E-state index in [0.717, 1.165) is 15.8 Å². The summed E-state index contributed by atoms with van der Waals surface area (Å²) in [5, 5.41) is 11.7. The lowest BCUT2D eigenvalue weighted by molar-refractivity contribution is -0.132. The van der Waals surface area contributed by atoms with Gasteiger partial charge in [0.05, 0.1) is 28.4 Å². The highest BCUT2D eigenvalue weighted by atomic mass is 32.1. The molecule has 1 fully saturated rings. The van der Waals surface area contributed by atoms with Gasteiger partial charge in [-0.2, -0.15) is 0 Å². The third kappa shape index (κ3) is 3.62. The summed E-state index contributed by atoms with van der Waals surface area (Å²) in [5.41, 5.74) is 2.57. The number of ether oxygens (including phenoxy) is 1. The highest BCUT2D eigenvalue weighted by Gasteiger charge is 2.48. The second kappa shape index (κ2) is 8.72. The molecule has 0 bridgehead atoms. The molecule has 1 aliphatic rings. The number of benzene rings is 2. The number of pyridine rings is 1. The van der Waals surface area contributed by atoms with Crippen molar-refractivity contribution in [1.29, 1.82) is 0 Å². The highest BCUT2D eigenvalue weighted by molar-refractivity contribution is 7.22. The van der Waals surface area contributed by atoms with Crippen LogP contribution in [0, 0.1) is 6.92 Å². The topological polar surface area (TPSA) is 92.6 Å². The van der Waals surface area contributed by atoms with Crippen LogP contribution in [0.3, 0.4) is 0 Å². The summed E-state index contributed by atoms with van der Waals surface area (Å²) in [4.78, 5) is 36.7. The molecule has 0 spiro atoms. The van der Waals surface area contributed by atoms with Crippen molar-refractivity contribution in [2.45, 2.75) is 19.9 Å². The van der Waals surface area contributed by atoms with Gasteiger partial charge in [0.25, 0.3) is 5.78 Å². The number of hydrogen-bond acceptors (Lipinski definition) is 7. The fourth-order valence-corrected chi connectivity index (χ4v) is 5.11. The molecule has 5 rings (SSSR count). The molecular weight excluding hydrogens is 450 g/mol. The smallest absolute Gasteiger partial charge is 0.301 e. The minimum atomic E-state index is -0.860. The number of carbonyl (C=O) groups excluding carboxylic acids is 2. The minimum absolute atomic E-state index is 0.000756. The Labute approximate surface area is 200 Å². The van der Waals surface area contributed by atoms with Crippen LogP contribution in [0.4, 0.5) is 5.13 Å². The van der Waals surface area contributed by atoms with Crippen LogP contribution in [-0.2, 0) is 9.59 Å². The van der Waals surface area contributed by atoms with Crippen molar-refractivity contribution in [3.63, 3.8) is 0 Å². The molecule has 0 radical (unpaired) electrons. The normalized spacial score (nSPS) is 17.5. The van der Waals surface area contributed by atoms with Crippen LogP contribution >= 0.6 is 11.3 Å². The number of para-hydroxylation sites is 1. The van der Waals surface area contributed by atoms with E-state index in [4.69, 9.17) is 4.74 Å². The first-order chi connectivity index (χ1) is 16.5. The lowest BCUT2D eigenvalue weighted by atomic mass is 9.96. The average Bonchev–Trinajstić information content (AvgIpc) is 3.39. The van der Waals surface area contributed by atoms with Crippen molar-refractivity contribution in [3.05, 3.63) is 89.3 Å². The van der Waals surface area contributed by atoms with Gasteiger partial charge in [0.15, 0.2) is 5.13 Å². The maximum Gasteiger partial charge on any atom is 0.301 e. The number of thiazole rings is 1. The van der Waals surface area contributed by atoms with Gasteiger partial charge in [0.1, 0.15) is 11.5 Å². The summed E-state index contributed by atoms with van der Waals surface area (Å²) >= 11 is 1.32. The van der Waals surface area contributed by atoms with E-state index in [1.807, 2.05) is 38.1 Å². The quantitative estimate of drug-likeness (QED) is 0.249. The molecule has 1 aliphatic heterocycles. The largest absolute Gasteiger partial charge is 0.507 e. The van der Waals surface area contributed by atoms with Crippen LogP contribution in [0.25, 0.3) is 16.0 Å². The van der Waals surface area contributed by atoms with Gasteiger partial charge in [-0.1, -0.05) is 29.5 Å². The number of nitrogens with zero attached hydrogens (tertiary/aromatic N) is 3. The second-order valence-corrected chi connectivity index (χ2v) is 8.84. The SMILES string of the molecule is CCOc1ccc(/C(O)=C2\C(=O)C(=O)N(c3nc4ccccc4s3)C2c2cccnc2)cc1C. The molecule has 2 aromatic carbocycles. The van der Waals surface area contributed by atoms with Gasteiger partial charge in [0, 0.05) is 18.0 Å². The number of ketones is 1. The van der Waals surface area contributed by atoms with Gasteiger partial charge >= 0.3 is 5.91 Å². The van der Waals surface area contributed by atoms with E-state index in [2.05, 4.69) is 9.97 Å². The summed E-state index contributed by atoms with van der Waals surface area (Å²) < 4.78 is 6.48. The van der Waals surface area contributed by atoms with E-state index in [9.17, 15) is 14.7 Å². The third-order valence-corrected chi connectivity index (χ3v) is 6.72. The van der Waals surface area contributed by atoms with E-state index < -0.39 is 17.7 Å². The summed E-state index contributed by atoms with van der Waals surface area (Å²) in [6.45, 7) is 4.27. The van der Waals surface area contributed by atoms with Gasteiger partial charge < -0.3 is 9.84 Å². The predicted octanol–water partition coefficient (Wildman–Crippen LogP) is 5.02. The van der Waals surface area contributed by atoms with Crippen molar-refractivity contribution in [2.75, 3.05) is 11.5 Å². The van der Waals surface area contributed by atoms with Gasteiger partial charge in [-0.3, -0.25) is 19.5 Å². The molecule has 1 atom stereocenters. The lowest BCUT2D eigenvalue weighted by Crippen LogP contribution is -2.29. The molecular formula is C26H21N3O4S. The number of aliphatic hydroxyl groups excluding tert-OH is 1. The molecule has 0 saturated carbocycles. The number of anilines is 1. The summed E-state index contributed by atoms with van der Waals surface area (Å²) in [7, 11) is 0. The van der Waals surface area contributed by atoms with Gasteiger partial charge in [0.2, 0.25) is 0 Å². The Morgan fingerprint density at radius 3 is 2.68 bits per heavy atom. The number of carbonyl (C=O) groups is 2. The molecule has 2 aromatic heterocycles. The van der Waals surface area contributed by atoms with Crippen LogP contribution in [0.15, 0.2) is 72.6 Å². The zero-order valence-electron chi connectivity index (χ0n) is 18.6. The van der Waals surface area contributed by atoms with Gasteiger partial charge in [-0.05, 0) is 61.4 Å². The Bertz CT molecular complexity index is 1410. The average molecular weight is 472 g/mol. The molecule has 3 heterocycles. The summed E-state index contributed by atoms with van der Waals surface area (Å²) in [6.07, 6.45) is 3.21. The number of rotatable bonds is 5. The predicted molar refractivity (Wildman–Crippen MR) is 131 cm³/mol. The lowest BCUT2D eigenvalue weighted by Gasteiger charge is -2.22. The van der Waals surface area contributed by atoms with Crippen LogP contribution in [0.1, 0.15) is 29.7 Å². The van der Waals surface area contributed by atoms with E-state index in [1.54, 1.807) is 42.7 Å². The fourth-order valence-electron chi connectivity index (χ4n) is 4.12. The number of hydrogen-bond donors (Lipinski definition) is 1. The standard InChI is InChI=1S/C26H21N3O4S/c1-3-33-19-11-10-16(13-15(19)2)23(30)21-22(17-7-6-12-27-14-17)29(25(32)24(21)31)26-28-18-8-4-5-9-20(18)34-26/h4-14,22,30H,3H2,1-2H3/b23-21+. The van der Waals surface area contributed by atoms with Crippen molar-refractivity contribution in [1.82, 2.24) is 9.97 Å². The first kappa shape index (κ1) is 21.8. The molecule has 170 valence electrons. The van der Waals surface area contributed by atoms with Gasteiger partial charge in [-0.25, -0.2) is 4.98 Å². The number of aliphatic hydroxyl groups is 1. The number of aryl methyl sites for hydroxylation is 1. The summed E-state index contributed by atoms with van der Waals surface area (Å²) in [6, 6.07) is 15.3. The van der Waals surface area contributed by atoms with Crippen LogP contribution in [-0.4, -0.2) is 33.4 Å². The zero-order chi connectivity index (χ0) is 23.8. The molecule has 0 aliphatic carbocycles. The Morgan fingerprint density at radius 1 is 1.15 bits per heavy atom. The van der Waals surface area contributed by atoms with Crippen LogP contribution < -0.4 is 9.64 Å². The molecule has 1 unspecified atom stereocenters. The first-order valence-electron chi connectivity index (χ1n) is 10.8. The number of Topliss-reactive ketones (excluding diaryl/α,β-unsaturated/α-hetero) is 1. The van der Waals surface area contributed by atoms with Crippen molar-refractivity contribution in [3.8, 4) is 5.75 Å². The van der Waals surface area contributed by atoms with Crippen molar-refractivity contribution in [2.24, 2.45) is 0 Å². The fraction of sp³-hybridized carbons (Fsp3) is 0.154. The monoisotopic (exact) mass is 471 g/mol. The minimum Gasteiger partial charge on any atom is -0.507 e. The highest BCUT2D eigenvalue weighted by Crippen LogP contribution is 2.44. The molecule has 8 heteroatoms. The Kier molecular flexibility index (Phi) is 5.59. The molecule has 34 heavy (non-hydrogen) atoms.